The standard InChI is InChI=1S/C18H21N3O4S/c22-26(23,15-5-6-16-17(12-15)25-11-10-24-16)20-14-4-7-18(19-13-14)21-8-2-1-3-9-21/h4-7,12-13,20H,1-3,8-11H2. The van der Waals surface area contributed by atoms with Gasteiger partial charge in [-0.3, -0.25) is 4.72 Å². The molecular weight excluding hydrogens is 354 g/mol. The highest BCUT2D eigenvalue weighted by Crippen LogP contribution is 2.32. The van der Waals surface area contributed by atoms with Crippen LogP contribution in [-0.2, 0) is 10.0 Å². The zero-order valence-corrected chi connectivity index (χ0v) is 15.2. The minimum atomic E-state index is -3.72. The van der Waals surface area contributed by atoms with E-state index in [2.05, 4.69) is 14.6 Å². The SMILES string of the molecule is O=S(=O)(Nc1ccc(N2CCCCC2)nc1)c1ccc2c(c1)OCCO2. The molecule has 0 aliphatic carbocycles. The first kappa shape index (κ1) is 17.0. The lowest BCUT2D eigenvalue weighted by Gasteiger charge is -2.27. The summed E-state index contributed by atoms with van der Waals surface area (Å²) in [4.78, 5) is 6.76. The van der Waals surface area contributed by atoms with Crippen LogP contribution in [0, 0.1) is 0 Å². The van der Waals surface area contributed by atoms with Crippen LogP contribution in [0.5, 0.6) is 11.5 Å². The van der Waals surface area contributed by atoms with Gasteiger partial charge in [0.15, 0.2) is 11.5 Å². The highest BCUT2D eigenvalue weighted by molar-refractivity contribution is 7.92. The van der Waals surface area contributed by atoms with Crippen LogP contribution in [0.3, 0.4) is 0 Å². The van der Waals surface area contributed by atoms with Crippen LogP contribution in [-0.4, -0.2) is 39.7 Å². The number of hydrogen-bond acceptors (Lipinski definition) is 6. The lowest BCUT2D eigenvalue weighted by molar-refractivity contribution is 0.171. The number of fused-ring (bicyclic) bond motifs is 1. The third-order valence-corrected chi connectivity index (χ3v) is 5.88. The Balaban J connectivity index is 1.50. The third-order valence-electron chi connectivity index (χ3n) is 4.50. The van der Waals surface area contributed by atoms with Gasteiger partial charge in [0, 0.05) is 19.2 Å². The second-order valence-corrected chi connectivity index (χ2v) is 8.05. The maximum atomic E-state index is 12.6. The molecule has 3 heterocycles. The van der Waals surface area contributed by atoms with Gasteiger partial charge >= 0.3 is 0 Å². The van der Waals surface area contributed by atoms with E-state index in [4.69, 9.17) is 9.47 Å². The molecular formula is C18H21N3O4S. The van der Waals surface area contributed by atoms with Gasteiger partial charge in [0.1, 0.15) is 19.0 Å². The maximum Gasteiger partial charge on any atom is 0.262 e. The van der Waals surface area contributed by atoms with Gasteiger partial charge in [-0.25, -0.2) is 13.4 Å². The van der Waals surface area contributed by atoms with Crippen LogP contribution in [0.4, 0.5) is 11.5 Å². The molecule has 1 aromatic carbocycles. The van der Waals surface area contributed by atoms with E-state index < -0.39 is 10.0 Å². The minimum absolute atomic E-state index is 0.127. The van der Waals surface area contributed by atoms with Crippen molar-refractivity contribution < 1.29 is 17.9 Å². The number of pyridine rings is 1. The summed E-state index contributed by atoms with van der Waals surface area (Å²) in [5.74, 6) is 1.88. The van der Waals surface area contributed by atoms with E-state index >= 15 is 0 Å². The topological polar surface area (TPSA) is 80.8 Å². The maximum absolute atomic E-state index is 12.6. The van der Waals surface area contributed by atoms with Crippen molar-refractivity contribution in [1.82, 2.24) is 4.98 Å². The first-order chi connectivity index (χ1) is 12.6. The quantitative estimate of drug-likeness (QED) is 0.885. The molecule has 0 bridgehead atoms. The fourth-order valence-electron chi connectivity index (χ4n) is 3.16. The number of benzene rings is 1. The Kier molecular flexibility index (Phi) is 4.58. The second-order valence-electron chi connectivity index (χ2n) is 6.36. The summed E-state index contributed by atoms with van der Waals surface area (Å²) < 4.78 is 38.7. The number of rotatable bonds is 4. The van der Waals surface area contributed by atoms with Crippen molar-refractivity contribution in [3.05, 3.63) is 36.5 Å². The molecule has 0 spiro atoms. The van der Waals surface area contributed by atoms with Crippen molar-refractivity contribution in [2.24, 2.45) is 0 Å². The molecule has 2 aromatic rings. The molecule has 0 amide bonds. The number of nitrogens with zero attached hydrogens (tertiary/aromatic N) is 2. The van der Waals surface area contributed by atoms with Gasteiger partial charge in [-0.1, -0.05) is 0 Å². The number of piperidine rings is 1. The van der Waals surface area contributed by atoms with Crippen LogP contribution >= 0.6 is 0 Å². The number of anilines is 2. The molecule has 2 aliphatic rings. The van der Waals surface area contributed by atoms with Gasteiger partial charge in [0.2, 0.25) is 0 Å². The average Bonchev–Trinajstić information content (AvgIpc) is 2.68. The van der Waals surface area contributed by atoms with E-state index in [0.717, 1.165) is 18.9 Å². The number of aromatic nitrogens is 1. The van der Waals surface area contributed by atoms with Gasteiger partial charge in [-0.05, 0) is 43.5 Å². The van der Waals surface area contributed by atoms with Crippen LogP contribution < -0.4 is 19.1 Å². The Labute approximate surface area is 153 Å². The molecule has 1 saturated heterocycles. The molecule has 1 aromatic heterocycles. The number of sulfonamides is 1. The lowest BCUT2D eigenvalue weighted by atomic mass is 10.1. The summed E-state index contributed by atoms with van der Waals surface area (Å²) in [6.07, 6.45) is 5.14. The molecule has 1 fully saturated rings. The van der Waals surface area contributed by atoms with E-state index in [9.17, 15) is 8.42 Å². The molecule has 0 unspecified atom stereocenters. The number of nitrogens with one attached hydrogen (secondary N) is 1. The average molecular weight is 375 g/mol. The van der Waals surface area contributed by atoms with E-state index in [0.29, 0.717) is 30.4 Å². The second kappa shape index (κ2) is 7.03. The number of hydrogen-bond donors (Lipinski definition) is 1. The lowest BCUT2D eigenvalue weighted by Crippen LogP contribution is -2.30. The van der Waals surface area contributed by atoms with Crippen molar-refractivity contribution in [1.29, 1.82) is 0 Å². The Bertz CT molecular complexity index is 878. The smallest absolute Gasteiger partial charge is 0.262 e. The first-order valence-electron chi connectivity index (χ1n) is 8.75. The van der Waals surface area contributed by atoms with Gasteiger partial charge in [0.05, 0.1) is 16.8 Å². The van der Waals surface area contributed by atoms with E-state index in [1.165, 1.54) is 31.4 Å². The monoisotopic (exact) mass is 375 g/mol. The van der Waals surface area contributed by atoms with Gasteiger partial charge < -0.3 is 14.4 Å². The van der Waals surface area contributed by atoms with Gasteiger partial charge in [-0.2, -0.15) is 0 Å². The molecule has 1 N–H and O–H groups in total. The van der Waals surface area contributed by atoms with Gasteiger partial charge in [0.25, 0.3) is 10.0 Å². The third kappa shape index (κ3) is 3.55. The molecule has 0 atom stereocenters. The highest BCUT2D eigenvalue weighted by Gasteiger charge is 2.20. The van der Waals surface area contributed by atoms with Crippen molar-refractivity contribution in [3.63, 3.8) is 0 Å². The van der Waals surface area contributed by atoms with Crippen molar-refractivity contribution in [2.75, 3.05) is 35.9 Å². The Morgan fingerprint density at radius 2 is 1.73 bits per heavy atom. The summed E-state index contributed by atoms with van der Waals surface area (Å²) in [6, 6.07) is 8.19. The normalized spacial score (nSPS) is 17.0. The summed E-state index contributed by atoms with van der Waals surface area (Å²) in [6.45, 7) is 2.86. The Morgan fingerprint density at radius 3 is 2.46 bits per heavy atom. The fourth-order valence-corrected chi connectivity index (χ4v) is 4.22. The predicted octanol–water partition coefficient (Wildman–Crippen LogP) is 2.64. The molecule has 138 valence electrons. The van der Waals surface area contributed by atoms with Crippen molar-refractivity contribution in [2.45, 2.75) is 24.2 Å². The Morgan fingerprint density at radius 1 is 0.962 bits per heavy atom. The summed E-state index contributed by atoms with van der Waals surface area (Å²) in [7, 11) is -3.72. The predicted molar refractivity (Wildman–Crippen MR) is 98.5 cm³/mol. The van der Waals surface area contributed by atoms with E-state index in [1.807, 2.05) is 6.07 Å². The van der Waals surface area contributed by atoms with Crippen molar-refractivity contribution >= 4 is 21.5 Å². The Hall–Kier alpha value is -2.48. The summed E-state index contributed by atoms with van der Waals surface area (Å²) in [5.41, 5.74) is 0.431. The minimum Gasteiger partial charge on any atom is -0.486 e. The highest BCUT2D eigenvalue weighted by atomic mass is 32.2. The molecule has 8 heteroatoms. The fraction of sp³-hybridized carbons (Fsp3) is 0.389. The van der Waals surface area contributed by atoms with Crippen LogP contribution in [0.25, 0.3) is 0 Å². The molecule has 7 nitrogen and oxygen atoms in total. The van der Waals surface area contributed by atoms with E-state index in [-0.39, 0.29) is 4.90 Å². The van der Waals surface area contributed by atoms with Crippen LogP contribution in [0.1, 0.15) is 19.3 Å². The molecule has 0 radical (unpaired) electrons. The zero-order valence-electron chi connectivity index (χ0n) is 14.3. The largest absolute Gasteiger partial charge is 0.486 e. The molecule has 4 rings (SSSR count). The molecule has 0 saturated carbocycles. The van der Waals surface area contributed by atoms with Gasteiger partial charge in [-0.15, -0.1) is 0 Å². The van der Waals surface area contributed by atoms with Crippen molar-refractivity contribution in [3.8, 4) is 11.5 Å². The zero-order chi connectivity index (χ0) is 18.0. The molecule has 2 aliphatic heterocycles. The van der Waals surface area contributed by atoms with E-state index in [1.54, 1.807) is 18.3 Å². The van der Waals surface area contributed by atoms with Crippen LogP contribution in [0.15, 0.2) is 41.4 Å². The number of ether oxygens (including phenoxy) is 2. The first-order valence-corrected chi connectivity index (χ1v) is 10.2. The summed E-state index contributed by atoms with van der Waals surface area (Å²) >= 11 is 0. The summed E-state index contributed by atoms with van der Waals surface area (Å²) in [5, 5.41) is 0. The van der Waals surface area contributed by atoms with Crippen LogP contribution in [0.2, 0.25) is 0 Å². The molecule has 26 heavy (non-hydrogen) atoms.